The number of nitrogens with zero attached hydrogens (tertiary/aromatic N) is 1. The minimum Gasteiger partial charge on any atom is -0.308 e. The first-order valence-electron chi connectivity index (χ1n) is 4.82. The summed E-state index contributed by atoms with van der Waals surface area (Å²) < 4.78 is 26.9. The third-order valence-corrected chi connectivity index (χ3v) is 4.45. The number of benzene rings is 1. The fraction of sp³-hybridized carbons (Fsp3) is 0.400. The van der Waals surface area contributed by atoms with E-state index in [0.29, 0.717) is 17.6 Å². The molecule has 0 aliphatic heterocycles. The molecule has 0 saturated heterocycles. The van der Waals surface area contributed by atoms with Crippen molar-refractivity contribution < 1.29 is 8.42 Å². The second-order valence-corrected chi connectivity index (χ2v) is 6.22. The van der Waals surface area contributed by atoms with Gasteiger partial charge in [-0.05, 0) is 42.2 Å². The fourth-order valence-electron chi connectivity index (χ4n) is 1.14. The molecule has 16 heavy (non-hydrogen) atoms. The Bertz CT molecular complexity index is 446. The van der Waals surface area contributed by atoms with Crippen LogP contribution in [0.4, 0.5) is 0 Å². The van der Waals surface area contributed by atoms with Crippen LogP contribution in [0.3, 0.4) is 0 Å². The monoisotopic (exact) mass is 306 g/mol. The van der Waals surface area contributed by atoms with Crippen LogP contribution in [0, 0.1) is 0 Å². The third-order valence-electron chi connectivity index (χ3n) is 1.98. The van der Waals surface area contributed by atoms with Crippen LogP contribution in [0.1, 0.15) is 0 Å². The van der Waals surface area contributed by atoms with Crippen LogP contribution < -0.4 is 4.72 Å². The first-order chi connectivity index (χ1) is 7.43. The fourth-order valence-corrected chi connectivity index (χ4v) is 3.17. The van der Waals surface area contributed by atoms with Crippen LogP contribution in [-0.4, -0.2) is 40.5 Å². The van der Waals surface area contributed by atoms with E-state index in [2.05, 4.69) is 20.7 Å². The van der Waals surface area contributed by atoms with Gasteiger partial charge in [0.2, 0.25) is 10.0 Å². The molecule has 0 saturated carbocycles. The van der Waals surface area contributed by atoms with Crippen LogP contribution in [0.2, 0.25) is 0 Å². The van der Waals surface area contributed by atoms with E-state index in [1.165, 1.54) is 0 Å². The Balaban J connectivity index is 2.75. The second kappa shape index (κ2) is 5.77. The Morgan fingerprint density at radius 2 is 1.94 bits per heavy atom. The molecule has 0 radical (unpaired) electrons. The number of rotatable bonds is 5. The maximum atomic E-state index is 11.9. The molecular formula is C10H15BrN2O2S. The number of sulfonamides is 1. The zero-order valence-corrected chi connectivity index (χ0v) is 11.7. The largest absolute Gasteiger partial charge is 0.308 e. The van der Waals surface area contributed by atoms with Crippen LogP contribution >= 0.6 is 15.9 Å². The minimum absolute atomic E-state index is 0.272. The van der Waals surface area contributed by atoms with Crippen molar-refractivity contribution in [1.82, 2.24) is 9.62 Å². The van der Waals surface area contributed by atoms with Crippen LogP contribution in [-0.2, 0) is 10.0 Å². The Morgan fingerprint density at radius 3 is 2.50 bits per heavy atom. The summed E-state index contributed by atoms with van der Waals surface area (Å²) in [6.07, 6.45) is 0. The van der Waals surface area contributed by atoms with E-state index in [1.54, 1.807) is 24.3 Å². The molecule has 1 aromatic rings. The van der Waals surface area contributed by atoms with Gasteiger partial charge in [0.15, 0.2) is 0 Å². The highest BCUT2D eigenvalue weighted by molar-refractivity contribution is 9.10. The maximum Gasteiger partial charge on any atom is 0.241 e. The third kappa shape index (κ3) is 3.86. The predicted octanol–water partition coefficient (Wildman–Crippen LogP) is 1.29. The molecule has 0 aliphatic carbocycles. The van der Waals surface area contributed by atoms with Crippen molar-refractivity contribution in [3.8, 4) is 0 Å². The Morgan fingerprint density at radius 1 is 1.31 bits per heavy atom. The van der Waals surface area contributed by atoms with Crippen molar-refractivity contribution in [3.05, 3.63) is 28.7 Å². The van der Waals surface area contributed by atoms with Crippen molar-refractivity contribution in [2.45, 2.75) is 4.90 Å². The van der Waals surface area contributed by atoms with Gasteiger partial charge in [-0.1, -0.05) is 12.1 Å². The molecule has 0 atom stereocenters. The van der Waals surface area contributed by atoms with Gasteiger partial charge in [-0.25, -0.2) is 13.1 Å². The topological polar surface area (TPSA) is 49.4 Å². The van der Waals surface area contributed by atoms with E-state index in [1.807, 2.05) is 19.0 Å². The highest BCUT2D eigenvalue weighted by atomic mass is 79.9. The van der Waals surface area contributed by atoms with Crippen LogP contribution in [0.25, 0.3) is 0 Å². The first-order valence-corrected chi connectivity index (χ1v) is 7.10. The SMILES string of the molecule is CN(C)CCNS(=O)(=O)c1ccccc1Br. The number of hydrogen-bond acceptors (Lipinski definition) is 3. The van der Waals surface area contributed by atoms with Crippen molar-refractivity contribution in [3.63, 3.8) is 0 Å². The molecule has 6 heteroatoms. The molecule has 4 nitrogen and oxygen atoms in total. The molecule has 90 valence electrons. The standard InChI is InChI=1S/C10H15BrN2O2S/c1-13(2)8-7-12-16(14,15)10-6-4-3-5-9(10)11/h3-6,12H,7-8H2,1-2H3. The lowest BCUT2D eigenvalue weighted by Gasteiger charge is -2.11. The highest BCUT2D eigenvalue weighted by Gasteiger charge is 2.15. The van der Waals surface area contributed by atoms with E-state index in [0.717, 1.165) is 0 Å². The summed E-state index contributed by atoms with van der Waals surface area (Å²) in [6, 6.07) is 6.76. The summed E-state index contributed by atoms with van der Waals surface area (Å²) in [5.41, 5.74) is 0. The van der Waals surface area contributed by atoms with Gasteiger partial charge in [-0.3, -0.25) is 0 Å². The smallest absolute Gasteiger partial charge is 0.241 e. The van der Waals surface area contributed by atoms with Gasteiger partial charge >= 0.3 is 0 Å². The van der Waals surface area contributed by atoms with Gasteiger partial charge < -0.3 is 4.90 Å². The first kappa shape index (κ1) is 13.6. The normalized spacial score (nSPS) is 12.0. The lowest BCUT2D eigenvalue weighted by Crippen LogP contribution is -2.31. The quantitative estimate of drug-likeness (QED) is 0.892. The van der Waals surface area contributed by atoms with Gasteiger partial charge in [0.05, 0.1) is 4.90 Å². The molecule has 0 aromatic heterocycles. The van der Waals surface area contributed by atoms with Gasteiger partial charge in [-0.2, -0.15) is 0 Å². The number of nitrogens with one attached hydrogen (secondary N) is 1. The van der Waals surface area contributed by atoms with E-state index < -0.39 is 10.0 Å². The van der Waals surface area contributed by atoms with E-state index in [9.17, 15) is 8.42 Å². The molecule has 0 amide bonds. The summed E-state index contributed by atoms with van der Waals surface area (Å²) in [7, 11) is 0.381. The molecule has 0 spiro atoms. The highest BCUT2D eigenvalue weighted by Crippen LogP contribution is 2.20. The predicted molar refractivity (Wildman–Crippen MR) is 67.9 cm³/mol. The van der Waals surface area contributed by atoms with Crippen molar-refractivity contribution in [2.24, 2.45) is 0 Å². The van der Waals surface area contributed by atoms with E-state index in [4.69, 9.17) is 0 Å². The Labute approximate surface area is 105 Å². The Hall–Kier alpha value is -0.430. The minimum atomic E-state index is -3.41. The molecule has 1 rings (SSSR count). The lowest BCUT2D eigenvalue weighted by molar-refractivity contribution is 0.412. The van der Waals surface area contributed by atoms with Crippen LogP contribution in [0.5, 0.6) is 0 Å². The molecule has 0 bridgehead atoms. The summed E-state index contributed by atoms with van der Waals surface area (Å²) in [4.78, 5) is 2.19. The molecule has 0 fully saturated rings. The molecule has 0 heterocycles. The van der Waals surface area contributed by atoms with E-state index in [-0.39, 0.29) is 4.90 Å². The summed E-state index contributed by atoms with van der Waals surface area (Å²) in [5.74, 6) is 0. The molecule has 0 unspecified atom stereocenters. The van der Waals surface area contributed by atoms with Crippen molar-refractivity contribution in [2.75, 3.05) is 27.2 Å². The van der Waals surface area contributed by atoms with Gasteiger partial charge in [-0.15, -0.1) is 0 Å². The lowest BCUT2D eigenvalue weighted by atomic mass is 10.4. The molecule has 1 aromatic carbocycles. The molecule has 0 aliphatic rings. The molecular weight excluding hydrogens is 292 g/mol. The van der Waals surface area contributed by atoms with Gasteiger partial charge in [0, 0.05) is 17.6 Å². The average molecular weight is 307 g/mol. The summed E-state index contributed by atoms with van der Waals surface area (Å²) >= 11 is 3.22. The summed E-state index contributed by atoms with van der Waals surface area (Å²) in [6.45, 7) is 1.07. The zero-order chi connectivity index (χ0) is 12.2. The van der Waals surface area contributed by atoms with Gasteiger partial charge in [0.25, 0.3) is 0 Å². The van der Waals surface area contributed by atoms with Gasteiger partial charge in [0.1, 0.15) is 0 Å². The number of likely N-dealkylation sites (N-methyl/N-ethyl adjacent to an activating group) is 1. The Kier molecular flexibility index (Phi) is 4.91. The average Bonchev–Trinajstić information content (AvgIpc) is 2.17. The van der Waals surface area contributed by atoms with E-state index >= 15 is 0 Å². The second-order valence-electron chi connectivity index (χ2n) is 3.63. The summed E-state index contributed by atoms with van der Waals surface area (Å²) in [5, 5.41) is 0. The zero-order valence-electron chi connectivity index (χ0n) is 9.27. The number of halogens is 1. The molecule has 1 N–H and O–H groups in total. The number of hydrogen-bond donors (Lipinski definition) is 1. The maximum absolute atomic E-state index is 11.9. The van der Waals surface area contributed by atoms with Crippen molar-refractivity contribution >= 4 is 26.0 Å². The van der Waals surface area contributed by atoms with Crippen LogP contribution in [0.15, 0.2) is 33.6 Å². The van der Waals surface area contributed by atoms with Crippen molar-refractivity contribution in [1.29, 1.82) is 0 Å².